The molecule has 1 spiro atoms. The molecule has 1 aliphatic heterocycles. The normalized spacial score (nSPS) is 31.7. The van der Waals surface area contributed by atoms with E-state index in [1.807, 2.05) is 0 Å². The van der Waals surface area contributed by atoms with E-state index in [9.17, 15) is 0 Å². The summed E-state index contributed by atoms with van der Waals surface area (Å²) in [7, 11) is 0. The van der Waals surface area contributed by atoms with Gasteiger partial charge in [-0.3, -0.25) is 0 Å². The van der Waals surface area contributed by atoms with Crippen molar-refractivity contribution in [3.05, 3.63) is 0 Å². The molecular formula is C15H27N. The maximum absolute atomic E-state index is 2.81. The summed E-state index contributed by atoms with van der Waals surface area (Å²) in [6.07, 6.45) is 10.6. The third-order valence-corrected chi connectivity index (χ3v) is 5.78. The van der Waals surface area contributed by atoms with E-state index in [1.165, 1.54) is 32.4 Å². The van der Waals surface area contributed by atoms with Crippen LogP contribution in [-0.4, -0.2) is 24.0 Å². The van der Waals surface area contributed by atoms with Crippen molar-refractivity contribution in [1.82, 2.24) is 4.90 Å². The van der Waals surface area contributed by atoms with E-state index in [1.54, 1.807) is 25.7 Å². The Hall–Kier alpha value is -0.0400. The highest BCUT2D eigenvalue weighted by molar-refractivity contribution is 5.03. The maximum atomic E-state index is 2.81. The van der Waals surface area contributed by atoms with E-state index in [-0.39, 0.29) is 0 Å². The standard InChI is InChI=1S/C15H27N/c1-12(2)13-4-8-16(9-5-13)14-10-15(11-14)6-3-7-15/h12-14H,3-11H2,1-2H3. The van der Waals surface area contributed by atoms with Crippen LogP contribution in [0, 0.1) is 17.3 Å². The first-order valence-corrected chi connectivity index (χ1v) is 7.43. The van der Waals surface area contributed by atoms with Crippen LogP contribution in [0.4, 0.5) is 0 Å². The fourth-order valence-corrected chi connectivity index (χ4v) is 4.23. The SMILES string of the molecule is CC(C)C1CCN(C2CC3(CCC3)C2)CC1. The van der Waals surface area contributed by atoms with Crippen LogP contribution in [0.2, 0.25) is 0 Å². The van der Waals surface area contributed by atoms with Crippen molar-refractivity contribution in [3.63, 3.8) is 0 Å². The Balaban J connectivity index is 1.45. The molecule has 0 atom stereocenters. The smallest absolute Gasteiger partial charge is 0.0106 e. The minimum absolute atomic E-state index is 0.861. The fourth-order valence-electron chi connectivity index (χ4n) is 4.23. The largest absolute Gasteiger partial charge is 0.300 e. The minimum Gasteiger partial charge on any atom is -0.300 e. The third kappa shape index (κ3) is 1.81. The van der Waals surface area contributed by atoms with E-state index in [0.717, 1.165) is 23.3 Å². The zero-order chi connectivity index (χ0) is 11.2. The van der Waals surface area contributed by atoms with Gasteiger partial charge < -0.3 is 4.90 Å². The molecule has 2 saturated carbocycles. The molecule has 1 heteroatoms. The Labute approximate surface area is 101 Å². The summed E-state index contributed by atoms with van der Waals surface area (Å²) in [5.41, 5.74) is 0.861. The topological polar surface area (TPSA) is 3.24 Å². The first kappa shape index (κ1) is 11.1. The monoisotopic (exact) mass is 221 g/mol. The van der Waals surface area contributed by atoms with Crippen LogP contribution in [-0.2, 0) is 0 Å². The number of rotatable bonds is 2. The molecular weight excluding hydrogens is 194 g/mol. The summed E-state index contributed by atoms with van der Waals surface area (Å²) >= 11 is 0. The van der Waals surface area contributed by atoms with E-state index < -0.39 is 0 Å². The zero-order valence-electron chi connectivity index (χ0n) is 11.0. The molecule has 3 rings (SSSR count). The van der Waals surface area contributed by atoms with Gasteiger partial charge in [0.1, 0.15) is 0 Å². The van der Waals surface area contributed by atoms with Crippen molar-refractivity contribution in [3.8, 4) is 0 Å². The second-order valence-electron chi connectivity index (χ2n) is 7.03. The molecule has 0 aromatic carbocycles. The molecule has 0 aromatic heterocycles. The first-order valence-electron chi connectivity index (χ1n) is 7.43. The van der Waals surface area contributed by atoms with Crippen LogP contribution < -0.4 is 0 Å². The number of piperidine rings is 1. The number of hydrogen-bond acceptors (Lipinski definition) is 1. The fraction of sp³-hybridized carbons (Fsp3) is 1.00. The molecule has 16 heavy (non-hydrogen) atoms. The van der Waals surface area contributed by atoms with Crippen molar-refractivity contribution in [2.75, 3.05) is 13.1 Å². The van der Waals surface area contributed by atoms with Gasteiger partial charge in [0.25, 0.3) is 0 Å². The van der Waals surface area contributed by atoms with E-state index in [4.69, 9.17) is 0 Å². The lowest BCUT2D eigenvalue weighted by molar-refractivity contribution is -0.0652. The van der Waals surface area contributed by atoms with Crippen molar-refractivity contribution >= 4 is 0 Å². The molecule has 0 radical (unpaired) electrons. The van der Waals surface area contributed by atoms with Crippen molar-refractivity contribution in [1.29, 1.82) is 0 Å². The second kappa shape index (κ2) is 4.01. The highest BCUT2D eigenvalue weighted by atomic mass is 15.2. The molecule has 2 aliphatic carbocycles. The van der Waals surface area contributed by atoms with Crippen LogP contribution in [0.5, 0.6) is 0 Å². The van der Waals surface area contributed by atoms with Crippen LogP contribution in [0.3, 0.4) is 0 Å². The Morgan fingerprint density at radius 3 is 2.12 bits per heavy atom. The molecule has 3 aliphatic rings. The van der Waals surface area contributed by atoms with Gasteiger partial charge in [0.15, 0.2) is 0 Å². The highest BCUT2D eigenvalue weighted by Gasteiger charge is 2.50. The van der Waals surface area contributed by atoms with Gasteiger partial charge in [0.05, 0.1) is 0 Å². The Kier molecular flexibility index (Phi) is 2.78. The summed E-state index contributed by atoms with van der Waals surface area (Å²) in [4.78, 5) is 2.81. The summed E-state index contributed by atoms with van der Waals surface area (Å²) in [5, 5.41) is 0. The Morgan fingerprint density at radius 1 is 1.06 bits per heavy atom. The summed E-state index contributed by atoms with van der Waals surface area (Å²) in [6, 6.07) is 0.980. The van der Waals surface area contributed by atoms with Gasteiger partial charge >= 0.3 is 0 Å². The molecule has 0 bridgehead atoms. The summed E-state index contributed by atoms with van der Waals surface area (Å²) < 4.78 is 0. The molecule has 92 valence electrons. The zero-order valence-corrected chi connectivity index (χ0v) is 11.0. The van der Waals surface area contributed by atoms with Crippen molar-refractivity contribution in [2.45, 2.75) is 64.8 Å². The van der Waals surface area contributed by atoms with Crippen LogP contribution in [0.25, 0.3) is 0 Å². The maximum Gasteiger partial charge on any atom is 0.0106 e. The Morgan fingerprint density at radius 2 is 1.69 bits per heavy atom. The summed E-state index contributed by atoms with van der Waals surface area (Å²) in [6.45, 7) is 7.58. The minimum atomic E-state index is 0.861. The highest BCUT2D eigenvalue weighted by Crippen LogP contribution is 2.57. The average molecular weight is 221 g/mol. The summed E-state index contributed by atoms with van der Waals surface area (Å²) in [5.74, 6) is 1.91. The quantitative estimate of drug-likeness (QED) is 0.687. The van der Waals surface area contributed by atoms with Gasteiger partial charge in [0, 0.05) is 6.04 Å². The van der Waals surface area contributed by atoms with Crippen LogP contribution in [0.1, 0.15) is 58.8 Å². The molecule has 3 fully saturated rings. The second-order valence-corrected chi connectivity index (χ2v) is 7.03. The molecule has 0 amide bonds. The van der Waals surface area contributed by atoms with Gasteiger partial charge in [-0.05, 0) is 68.9 Å². The molecule has 1 nitrogen and oxygen atoms in total. The molecule has 1 saturated heterocycles. The van der Waals surface area contributed by atoms with E-state index >= 15 is 0 Å². The number of hydrogen-bond donors (Lipinski definition) is 0. The van der Waals surface area contributed by atoms with Crippen LogP contribution in [0.15, 0.2) is 0 Å². The molecule has 0 N–H and O–H groups in total. The van der Waals surface area contributed by atoms with Crippen molar-refractivity contribution < 1.29 is 0 Å². The third-order valence-electron chi connectivity index (χ3n) is 5.78. The van der Waals surface area contributed by atoms with E-state index in [2.05, 4.69) is 18.7 Å². The predicted octanol–water partition coefficient (Wildman–Crippen LogP) is 3.69. The van der Waals surface area contributed by atoms with E-state index in [0.29, 0.717) is 0 Å². The van der Waals surface area contributed by atoms with Gasteiger partial charge in [-0.1, -0.05) is 20.3 Å². The lowest BCUT2D eigenvalue weighted by Gasteiger charge is -2.58. The molecule has 0 aromatic rings. The first-order chi connectivity index (χ1) is 7.69. The van der Waals surface area contributed by atoms with Gasteiger partial charge in [-0.25, -0.2) is 0 Å². The number of nitrogens with zero attached hydrogens (tertiary/aromatic N) is 1. The number of likely N-dealkylation sites (tertiary alicyclic amines) is 1. The lowest BCUT2D eigenvalue weighted by Crippen LogP contribution is -2.55. The predicted molar refractivity (Wildman–Crippen MR) is 68.4 cm³/mol. The van der Waals surface area contributed by atoms with Gasteiger partial charge in [0.2, 0.25) is 0 Å². The van der Waals surface area contributed by atoms with Gasteiger partial charge in [-0.15, -0.1) is 0 Å². The lowest BCUT2D eigenvalue weighted by atomic mass is 9.53. The average Bonchev–Trinajstić information content (AvgIpc) is 2.14. The van der Waals surface area contributed by atoms with Gasteiger partial charge in [-0.2, -0.15) is 0 Å². The molecule has 1 heterocycles. The Bertz CT molecular complexity index is 238. The molecule has 0 unspecified atom stereocenters. The van der Waals surface area contributed by atoms with Crippen molar-refractivity contribution in [2.24, 2.45) is 17.3 Å². The van der Waals surface area contributed by atoms with Crippen LogP contribution >= 0.6 is 0 Å².